The fourth-order valence-corrected chi connectivity index (χ4v) is 3.69. The molecule has 0 aliphatic heterocycles. The highest BCUT2D eigenvalue weighted by molar-refractivity contribution is 9.10. The van der Waals surface area contributed by atoms with Gasteiger partial charge in [0.15, 0.2) is 0 Å². The fourth-order valence-electron chi connectivity index (χ4n) is 2.04. The molecule has 5 heteroatoms. The maximum Gasteiger partial charge on any atom is 0.133 e. The summed E-state index contributed by atoms with van der Waals surface area (Å²) in [6.45, 7) is 3.07. The number of ether oxygens (including phenoxy) is 1. The molecule has 20 heavy (non-hydrogen) atoms. The van der Waals surface area contributed by atoms with E-state index >= 15 is 0 Å². The molecule has 1 heterocycles. The lowest BCUT2D eigenvalue weighted by atomic mass is 10.2. The van der Waals surface area contributed by atoms with Crippen LogP contribution in [0, 0.1) is 0 Å². The Labute approximate surface area is 132 Å². The van der Waals surface area contributed by atoms with E-state index in [1.807, 2.05) is 13.1 Å². The molecule has 1 aromatic heterocycles. The van der Waals surface area contributed by atoms with Crippen LogP contribution in [-0.2, 0) is 13.0 Å². The lowest BCUT2D eigenvalue weighted by molar-refractivity contribution is 0.412. The Hall–Kier alpha value is -0.910. The van der Waals surface area contributed by atoms with Crippen LogP contribution in [0.5, 0.6) is 5.75 Å². The molecule has 0 saturated carbocycles. The Kier molecular flexibility index (Phi) is 5.57. The maximum atomic E-state index is 5.27. The summed E-state index contributed by atoms with van der Waals surface area (Å²) >= 11 is 5.29. The average Bonchev–Trinajstić information content (AvgIpc) is 2.83. The van der Waals surface area contributed by atoms with E-state index in [0.717, 1.165) is 40.2 Å². The Morgan fingerprint density at radius 1 is 1.40 bits per heavy atom. The van der Waals surface area contributed by atoms with Gasteiger partial charge in [-0.3, -0.25) is 0 Å². The van der Waals surface area contributed by atoms with Crippen molar-refractivity contribution in [2.75, 3.05) is 14.2 Å². The number of rotatable bonds is 6. The predicted molar refractivity (Wildman–Crippen MR) is 88.6 cm³/mol. The molecule has 0 unspecified atom stereocenters. The van der Waals surface area contributed by atoms with Gasteiger partial charge in [0.25, 0.3) is 0 Å². The van der Waals surface area contributed by atoms with Crippen LogP contribution in [0.3, 0.4) is 0 Å². The quantitative estimate of drug-likeness (QED) is 0.841. The van der Waals surface area contributed by atoms with E-state index in [1.165, 1.54) is 10.6 Å². The first kappa shape index (κ1) is 15.5. The Morgan fingerprint density at radius 3 is 2.80 bits per heavy atom. The molecule has 2 aromatic rings. The number of aryl methyl sites for hydroxylation is 1. The Balaban J connectivity index is 2.36. The minimum atomic E-state index is 0.842. The second kappa shape index (κ2) is 7.20. The van der Waals surface area contributed by atoms with E-state index in [1.54, 1.807) is 18.4 Å². The van der Waals surface area contributed by atoms with Crippen LogP contribution in [0.15, 0.2) is 22.7 Å². The largest absolute Gasteiger partial charge is 0.496 e. The molecule has 1 aromatic carbocycles. The zero-order valence-corrected chi connectivity index (χ0v) is 14.4. The number of aromatic nitrogens is 1. The van der Waals surface area contributed by atoms with Gasteiger partial charge in [-0.15, -0.1) is 11.3 Å². The topological polar surface area (TPSA) is 34.1 Å². The average molecular weight is 355 g/mol. The van der Waals surface area contributed by atoms with E-state index < -0.39 is 0 Å². The number of benzene rings is 1. The second-order valence-corrected chi connectivity index (χ2v) is 6.46. The molecule has 0 saturated heterocycles. The molecule has 1 N–H and O–H groups in total. The molecule has 108 valence electrons. The van der Waals surface area contributed by atoms with Gasteiger partial charge >= 0.3 is 0 Å². The third-order valence-electron chi connectivity index (χ3n) is 3.00. The van der Waals surface area contributed by atoms with Crippen molar-refractivity contribution in [3.05, 3.63) is 33.2 Å². The predicted octanol–water partition coefficient (Wildman–Crippen LogP) is 4.25. The molecule has 0 spiro atoms. The molecule has 0 aliphatic carbocycles. The van der Waals surface area contributed by atoms with Crippen LogP contribution in [0.1, 0.15) is 23.9 Å². The SMILES string of the molecule is CCCc1nc(-c2ccc(OC)c(Br)c2)sc1CNC. The van der Waals surface area contributed by atoms with E-state index in [4.69, 9.17) is 9.72 Å². The smallest absolute Gasteiger partial charge is 0.133 e. The fraction of sp³-hybridized carbons (Fsp3) is 0.400. The number of thiazole rings is 1. The summed E-state index contributed by atoms with van der Waals surface area (Å²) in [7, 11) is 3.65. The highest BCUT2D eigenvalue weighted by atomic mass is 79.9. The molecule has 0 bridgehead atoms. The molecule has 0 aliphatic rings. The van der Waals surface area contributed by atoms with Crippen molar-refractivity contribution in [1.82, 2.24) is 10.3 Å². The molecule has 0 amide bonds. The minimum absolute atomic E-state index is 0.842. The number of hydrogen-bond acceptors (Lipinski definition) is 4. The zero-order valence-electron chi connectivity index (χ0n) is 12.0. The highest BCUT2D eigenvalue weighted by Gasteiger charge is 2.12. The van der Waals surface area contributed by atoms with Gasteiger partial charge in [-0.1, -0.05) is 13.3 Å². The van der Waals surface area contributed by atoms with Crippen molar-refractivity contribution in [3.8, 4) is 16.3 Å². The van der Waals surface area contributed by atoms with Gasteiger partial charge in [-0.2, -0.15) is 0 Å². The van der Waals surface area contributed by atoms with E-state index in [2.05, 4.69) is 40.3 Å². The Bertz CT molecular complexity index is 560. The van der Waals surface area contributed by atoms with Gasteiger partial charge in [-0.25, -0.2) is 4.98 Å². The van der Waals surface area contributed by atoms with Crippen molar-refractivity contribution in [2.24, 2.45) is 0 Å². The second-order valence-electron chi connectivity index (χ2n) is 4.52. The van der Waals surface area contributed by atoms with E-state index in [0.29, 0.717) is 0 Å². The monoisotopic (exact) mass is 354 g/mol. The minimum Gasteiger partial charge on any atom is -0.496 e. The standard InChI is InChI=1S/C15H19BrN2OS/c1-4-5-12-14(9-17-2)20-15(18-12)10-6-7-13(19-3)11(16)8-10/h6-8,17H,4-5,9H2,1-3H3. The van der Waals surface area contributed by atoms with Gasteiger partial charge in [-0.05, 0) is 47.6 Å². The van der Waals surface area contributed by atoms with Crippen LogP contribution in [0.4, 0.5) is 0 Å². The summed E-state index contributed by atoms with van der Waals surface area (Å²) in [6, 6.07) is 6.09. The number of nitrogens with zero attached hydrogens (tertiary/aromatic N) is 1. The van der Waals surface area contributed by atoms with Crippen LogP contribution < -0.4 is 10.1 Å². The summed E-state index contributed by atoms with van der Waals surface area (Å²) in [5.74, 6) is 0.842. The first-order valence-electron chi connectivity index (χ1n) is 6.66. The van der Waals surface area contributed by atoms with Gasteiger partial charge < -0.3 is 10.1 Å². The van der Waals surface area contributed by atoms with Crippen LogP contribution in [-0.4, -0.2) is 19.1 Å². The van der Waals surface area contributed by atoms with Gasteiger partial charge in [0.2, 0.25) is 0 Å². The lowest BCUT2D eigenvalue weighted by Crippen LogP contribution is -2.05. The molecule has 0 radical (unpaired) electrons. The number of hydrogen-bond donors (Lipinski definition) is 1. The van der Waals surface area contributed by atoms with Crippen LogP contribution in [0.2, 0.25) is 0 Å². The molecule has 0 fully saturated rings. The van der Waals surface area contributed by atoms with Crippen LogP contribution in [0.25, 0.3) is 10.6 Å². The highest BCUT2D eigenvalue weighted by Crippen LogP contribution is 2.34. The normalized spacial score (nSPS) is 10.8. The van der Waals surface area contributed by atoms with Crippen LogP contribution >= 0.6 is 27.3 Å². The number of nitrogens with one attached hydrogen (secondary N) is 1. The van der Waals surface area contributed by atoms with E-state index in [9.17, 15) is 0 Å². The van der Waals surface area contributed by atoms with Gasteiger partial charge in [0.05, 0.1) is 17.3 Å². The molecule has 0 atom stereocenters. The summed E-state index contributed by atoms with van der Waals surface area (Å²) in [5.41, 5.74) is 2.34. The first-order chi connectivity index (χ1) is 9.69. The van der Waals surface area contributed by atoms with Crippen molar-refractivity contribution >= 4 is 27.3 Å². The summed E-state index contributed by atoms with van der Waals surface area (Å²) < 4.78 is 6.23. The summed E-state index contributed by atoms with van der Waals surface area (Å²) in [6.07, 6.45) is 2.15. The van der Waals surface area contributed by atoms with Crippen molar-refractivity contribution in [3.63, 3.8) is 0 Å². The first-order valence-corrected chi connectivity index (χ1v) is 8.27. The van der Waals surface area contributed by atoms with Crippen molar-refractivity contribution in [1.29, 1.82) is 0 Å². The third kappa shape index (κ3) is 3.40. The molecule has 3 nitrogen and oxygen atoms in total. The zero-order chi connectivity index (χ0) is 14.5. The summed E-state index contributed by atoms with van der Waals surface area (Å²) in [5, 5.41) is 4.29. The Morgan fingerprint density at radius 2 is 2.20 bits per heavy atom. The maximum absolute atomic E-state index is 5.27. The van der Waals surface area contributed by atoms with E-state index in [-0.39, 0.29) is 0 Å². The van der Waals surface area contributed by atoms with Crippen molar-refractivity contribution < 1.29 is 4.74 Å². The molecule has 2 rings (SSSR count). The van der Waals surface area contributed by atoms with Crippen molar-refractivity contribution in [2.45, 2.75) is 26.3 Å². The number of halogens is 1. The lowest BCUT2D eigenvalue weighted by Gasteiger charge is -2.04. The van der Waals surface area contributed by atoms with Gasteiger partial charge in [0.1, 0.15) is 10.8 Å². The molecular weight excluding hydrogens is 336 g/mol. The summed E-state index contributed by atoms with van der Waals surface area (Å²) in [4.78, 5) is 6.13. The number of methoxy groups -OCH3 is 1. The molecular formula is C15H19BrN2OS. The van der Waals surface area contributed by atoms with Gasteiger partial charge in [0, 0.05) is 17.0 Å². The third-order valence-corrected chi connectivity index (χ3v) is 4.77.